The highest BCUT2D eigenvalue weighted by molar-refractivity contribution is 7.92. The van der Waals surface area contributed by atoms with Gasteiger partial charge < -0.3 is 14.0 Å². The summed E-state index contributed by atoms with van der Waals surface area (Å²) in [5, 5.41) is 0.129. The second-order valence-electron chi connectivity index (χ2n) is 12.2. The average Bonchev–Trinajstić information content (AvgIpc) is 3.43. The largest absolute Gasteiger partial charge is 0.461 e. The molecule has 0 N–H and O–H groups in total. The van der Waals surface area contributed by atoms with E-state index in [0.29, 0.717) is 40.1 Å². The molecule has 0 saturated heterocycles. The number of hydrogen-bond donors (Lipinski definition) is 0. The number of unbranched alkanes of at least 4 members (excludes halogenated alkanes) is 1. The van der Waals surface area contributed by atoms with Crippen LogP contribution in [0, 0.1) is 26.6 Å². The van der Waals surface area contributed by atoms with E-state index in [2.05, 4.69) is 4.36 Å². The number of ether oxygens (including phenoxy) is 2. The highest BCUT2D eigenvalue weighted by Gasteiger charge is 2.31. The number of nitrogens with zero attached hydrogens (tertiary/aromatic N) is 3. The molecule has 0 radical (unpaired) electrons. The summed E-state index contributed by atoms with van der Waals surface area (Å²) in [5.74, 6) is -0.686. The molecule has 5 rings (SSSR count). The van der Waals surface area contributed by atoms with Gasteiger partial charge in [0, 0.05) is 52.0 Å². The van der Waals surface area contributed by atoms with Gasteiger partial charge >= 0.3 is 5.97 Å². The van der Waals surface area contributed by atoms with Crippen LogP contribution < -0.4 is 10.3 Å². The second kappa shape index (κ2) is 13.6. The van der Waals surface area contributed by atoms with Crippen molar-refractivity contribution in [3.63, 3.8) is 0 Å². The number of rotatable bonds is 10. The topological polar surface area (TPSA) is 126 Å². The molecule has 2 aromatic heterocycles. The molecular weight excluding hydrogens is 670 g/mol. The van der Waals surface area contributed by atoms with E-state index in [4.69, 9.17) is 9.47 Å². The van der Waals surface area contributed by atoms with Gasteiger partial charge in [0.2, 0.25) is 0 Å². The van der Waals surface area contributed by atoms with Crippen LogP contribution in [0.5, 0.6) is 11.5 Å². The Morgan fingerprint density at radius 3 is 2.18 bits per heavy atom. The summed E-state index contributed by atoms with van der Waals surface area (Å²) in [6, 6.07) is 14.9. The molecule has 0 bridgehead atoms. The molecule has 0 aliphatic rings. The number of halogens is 1. The Bertz CT molecular complexity index is 2370. The van der Waals surface area contributed by atoms with Crippen molar-refractivity contribution < 1.29 is 31.3 Å². The minimum atomic E-state index is -4.51. The minimum absolute atomic E-state index is 0.0531. The Morgan fingerprint density at radius 2 is 1.57 bits per heavy atom. The zero-order valence-corrected chi connectivity index (χ0v) is 30.0. The van der Waals surface area contributed by atoms with Crippen LogP contribution in [0.15, 0.2) is 80.9 Å². The van der Waals surface area contributed by atoms with Crippen LogP contribution in [-0.2, 0) is 31.5 Å². The molecule has 0 aliphatic heterocycles. The summed E-state index contributed by atoms with van der Waals surface area (Å²) < 4.78 is 73.7. The first-order valence-corrected chi connectivity index (χ1v) is 19.3. The van der Waals surface area contributed by atoms with E-state index < -0.39 is 37.1 Å². The summed E-state index contributed by atoms with van der Waals surface area (Å²) in [6.07, 6.45) is 5.77. The van der Waals surface area contributed by atoms with Gasteiger partial charge in [-0.25, -0.2) is 25.8 Å². The predicted octanol–water partition coefficient (Wildman–Crippen LogP) is 7.42. The van der Waals surface area contributed by atoms with Crippen molar-refractivity contribution in [2.75, 3.05) is 19.1 Å². The van der Waals surface area contributed by atoms with E-state index in [1.54, 1.807) is 44.2 Å². The van der Waals surface area contributed by atoms with Gasteiger partial charge in [0.15, 0.2) is 0 Å². The second-order valence-corrected chi connectivity index (χ2v) is 16.6. The first-order chi connectivity index (χ1) is 23.0. The molecule has 13 heteroatoms. The Balaban J connectivity index is 1.88. The predicted molar refractivity (Wildman–Crippen MR) is 190 cm³/mol. The van der Waals surface area contributed by atoms with Crippen LogP contribution >= 0.6 is 0 Å². The van der Waals surface area contributed by atoms with Gasteiger partial charge in [-0.1, -0.05) is 31.0 Å². The number of pyridine rings is 1. The third-order valence-corrected chi connectivity index (χ3v) is 10.2. The van der Waals surface area contributed by atoms with Crippen LogP contribution in [0.2, 0.25) is 0 Å². The lowest BCUT2D eigenvalue weighted by molar-refractivity contribution is 0.0492. The van der Waals surface area contributed by atoms with E-state index in [0.717, 1.165) is 16.0 Å². The Kier molecular flexibility index (Phi) is 9.89. The van der Waals surface area contributed by atoms with E-state index in [1.165, 1.54) is 60.7 Å². The van der Waals surface area contributed by atoms with E-state index >= 15 is 0 Å². The van der Waals surface area contributed by atoms with Gasteiger partial charge in [-0.15, -0.1) is 0 Å². The Labute approximate surface area is 285 Å². The van der Waals surface area contributed by atoms with Crippen molar-refractivity contribution in [2.45, 2.75) is 45.4 Å². The first-order valence-electron chi connectivity index (χ1n) is 15.5. The summed E-state index contributed by atoms with van der Waals surface area (Å²) in [6.45, 7) is 7.19. The maximum atomic E-state index is 14.3. The normalized spacial score (nSPS) is 11.9. The van der Waals surface area contributed by atoms with Gasteiger partial charge in [0.05, 0.1) is 17.2 Å². The van der Waals surface area contributed by atoms with Crippen LogP contribution in [0.4, 0.5) is 10.1 Å². The van der Waals surface area contributed by atoms with Crippen LogP contribution in [-0.4, -0.2) is 46.3 Å². The third kappa shape index (κ3) is 7.32. The van der Waals surface area contributed by atoms with Crippen molar-refractivity contribution >= 4 is 42.3 Å². The van der Waals surface area contributed by atoms with Crippen molar-refractivity contribution in [1.29, 1.82) is 0 Å². The smallest absolute Gasteiger partial charge is 0.356 e. The summed E-state index contributed by atoms with van der Waals surface area (Å²) >= 11 is 0. The molecule has 0 spiro atoms. The monoisotopic (exact) mass is 707 g/mol. The van der Waals surface area contributed by atoms with Crippen molar-refractivity contribution in [3.8, 4) is 22.6 Å². The molecule has 0 atom stereocenters. The summed E-state index contributed by atoms with van der Waals surface area (Å²) in [7, 11) is -5.65. The molecule has 2 heterocycles. The third-order valence-electron chi connectivity index (χ3n) is 7.81. The minimum Gasteiger partial charge on any atom is -0.461 e. The quantitative estimate of drug-likeness (QED) is 0.109. The van der Waals surface area contributed by atoms with E-state index in [1.807, 2.05) is 13.8 Å². The molecule has 0 unspecified atom stereocenters. The number of esters is 1. The molecule has 5 aromatic rings. The molecule has 49 heavy (non-hydrogen) atoms. The Hall–Kier alpha value is -4.75. The van der Waals surface area contributed by atoms with E-state index in [9.17, 15) is 26.6 Å². The fraction of sp³-hybridized carbons (Fsp3) is 0.278. The summed E-state index contributed by atoms with van der Waals surface area (Å²) in [5.41, 5.74) is 1.57. The fourth-order valence-corrected chi connectivity index (χ4v) is 7.61. The van der Waals surface area contributed by atoms with Crippen LogP contribution in [0.25, 0.3) is 22.0 Å². The highest BCUT2D eigenvalue weighted by atomic mass is 32.2. The molecule has 258 valence electrons. The molecule has 0 aliphatic carbocycles. The molecule has 10 nitrogen and oxygen atoms in total. The number of carbonyl (C=O) groups excluding carboxylic acids is 1. The zero-order chi connectivity index (χ0) is 35.8. The zero-order valence-electron chi connectivity index (χ0n) is 28.4. The lowest BCUT2D eigenvalue weighted by atomic mass is 10.0. The molecular formula is C36H38FN3O7S2. The lowest BCUT2D eigenvalue weighted by Gasteiger charge is -2.17. The van der Waals surface area contributed by atoms with Gasteiger partial charge in [-0.3, -0.25) is 4.79 Å². The number of benzene rings is 3. The average molecular weight is 708 g/mol. The van der Waals surface area contributed by atoms with E-state index in [-0.39, 0.29) is 33.8 Å². The number of hydrogen-bond acceptors (Lipinski definition) is 8. The number of aryl methyl sites for hydroxylation is 4. The van der Waals surface area contributed by atoms with Crippen molar-refractivity contribution in [3.05, 3.63) is 105 Å². The number of aromatic nitrogens is 2. The van der Waals surface area contributed by atoms with Gasteiger partial charge in [-0.2, -0.15) is 4.36 Å². The van der Waals surface area contributed by atoms with Crippen molar-refractivity contribution in [1.82, 2.24) is 8.54 Å². The molecule has 3 aromatic carbocycles. The number of fused-ring (bicyclic) bond motifs is 1. The van der Waals surface area contributed by atoms with Crippen molar-refractivity contribution in [2.24, 2.45) is 11.4 Å². The maximum Gasteiger partial charge on any atom is 0.356 e. The fourth-order valence-electron chi connectivity index (χ4n) is 5.49. The SMILES string of the molecule is CCCCOC(=O)c1cc2c(-c3cc(N=S(C)(C)=O)ccc3Oc3c(C)cc(F)cc3C)cn(C)c(=O)c2n1S(=O)(=O)c1ccc(C)cc1. The number of carbonyl (C=O) groups is 1. The molecule has 0 fully saturated rings. The van der Waals surface area contributed by atoms with Gasteiger partial charge in [0.1, 0.15) is 28.5 Å². The molecule has 0 amide bonds. The van der Waals surface area contributed by atoms with Gasteiger partial charge in [-0.05, 0) is 86.8 Å². The standard InChI is InChI=1S/C36H38FN3O7S2/c1-8-9-16-46-36(42)31-20-29-30(21-39(5)35(41)33(29)40(31)49(44,45)27-13-10-22(2)11-14-27)28-19-26(38-48(6,7)43)12-15-32(28)47-34-23(3)17-25(37)18-24(34)4/h10-15,17-21H,8-9,16H2,1-7H3. The lowest BCUT2D eigenvalue weighted by Crippen LogP contribution is -2.25. The summed E-state index contributed by atoms with van der Waals surface area (Å²) in [4.78, 5) is 27.4. The van der Waals surface area contributed by atoms with Gasteiger partial charge in [0.25, 0.3) is 15.6 Å². The van der Waals surface area contributed by atoms with Crippen LogP contribution in [0.3, 0.4) is 0 Å². The molecule has 0 saturated carbocycles. The van der Waals surface area contributed by atoms with Crippen LogP contribution in [0.1, 0.15) is 46.9 Å². The highest BCUT2D eigenvalue weighted by Crippen LogP contribution is 2.42. The first kappa shape index (κ1) is 35.6. The Morgan fingerprint density at radius 1 is 0.918 bits per heavy atom. The maximum absolute atomic E-state index is 14.3.